The van der Waals surface area contributed by atoms with Crippen molar-refractivity contribution in [3.8, 4) is 10.8 Å². The van der Waals surface area contributed by atoms with Crippen LogP contribution in [0, 0.1) is 0 Å². The van der Waals surface area contributed by atoms with Gasteiger partial charge in [-0.25, -0.2) is 4.98 Å². The van der Waals surface area contributed by atoms with Crippen LogP contribution in [0.4, 0.5) is 0 Å². The quantitative estimate of drug-likeness (QED) is 0.280. The largest absolute Gasteiger partial charge is 0.419 e. The van der Waals surface area contributed by atoms with E-state index < -0.39 is 0 Å². The van der Waals surface area contributed by atoms with Crippen LogP contribution in [0.3, 0.4) is 0 Å². The number of nitrogens with zero attached hydrogens (tertiary/aromatic N) is 4. The summed E-state index contributed by atoms with van der Waals surface area (Å²) in [5.74, 6) is 0.977. The van der Waals surface area contributed by atoms with Gasteiger partial charge in [0.1, 0.15) is 0 Å². The molecule has 0 bridgehead atoms. The van der Waals surface area contributed by atoms with Crippen LogP contribution < -0.4 is 5.56 Å². The highest BCUT2D eigenvalue weighted by Gasteiger charge is 2.24. The van der Waals surface area contributed by atoms with Gasteiger partial charge < -0.3 is 9.15 Å². The van der Waals surface area contributed by atoms with E-state index in [0.29, 0.717) is 39.4 Å². The van der Waals surface area contributed by atoms with E-state index in [-0.39, 0.29) is 16.9 Å². The summed E-state index contributed by atoms with van der Waals surface area (Å²) in [6, 6.07) is 9.03. The Labute approximate surface area is 191 Å². The van der Waals surface area contributed by atoms with Gasteiger partial charge >= 0.3 is 0 Å². The molecule has 1 saturated heterocycles. The minimum atomic E-state index is -0.194. The van der Waals surface area contributed by atoms with Gasteiger partial charge in [-0.1, -0.05) is 29.4 Å². The van der Waals surface area contributed by atoms with Crippen molar-refractivity contribution in [3.05, 3.63) is 57.0 Å². The molecule has 2 atom stereocenters. The molecule has 1 aliphatic rings. The summed E-state index contributed by atoms with van der Waals surface area (Å²) in [6.07, 6.45) is 1.94. The van der Waals surface area contributed by atoms with Crippen molar-refractivity contribution in [2.24, 2.45) is 0 Å². The fourth-order valence-electron chi connectivity index (χ4n) is 3.52. The Morgan fingerprint density at radius 3 is 3.03 bits per heavy atom. The molecule has 4 aromatic rings. The second kappa shape index (κ2) is 8.74. The lowest BCUT2D eigenvalue weighted by molar-refractivity contribution is 0.0937. The molecule has 0 spiro atoms. The molecule has 1 fully saturated rings. The zero-order valence-corrected chi connectivity index (χ0v) is 19.0. The van der Waals surface area contributed by atoms with E-state index in [0.717, 1.165) is 24.3 Å². The van der Waals surface area contributed by atoms with E-state index in [4.69, 9.17) is 25.7 Å². The van der Waals surface area contributed by atoms with Gasteiger partial charge in [0.05, 0.1) is 33.7 Å². The summed E-state index contributed by atoms with van der Waals surface area (Å²) in [5.41, 5.74) is 0.470. The second-order valence-electron chi connectivity index (χ2n) is 7.29. The van der Waals surface area contributed by atoms with Crippen LogP contribution in [0.15, 0.2) is 50.1 Å². The third-order valence-corrected chi connectivity index (χ3v) is 7.27. The monoisotopic (exact) mass is 474 g/mol. The first kappa shape index (κ1) is 20.7. The number of thioether (sulfide) groups is 1. The van der Waals surface area contributed by atoms with Crippen molar-refractivity contribution in [1.29, 1.82) is 0 Å². The third-order valence-electron chi connectivity index (χ3n) is 5.10. The lowest BCUT2D eigenvalue weighted by Gasteiger charge is -2.17. The molecule has 160 valence electrons. The predicted molar refractivity (Wildman–Crippen MR) is 122 cm³/mol. The van der Waals surface area contributed by atoms with Gasteiger partial charge in [-0.3, -0.25) is 9.36 Å². The average molecular weight is 475 g/mol. The van der Waals surface area contributed by atoms with Gasteiger partial charge in [0.25, 0.3) is 11.4 Å². The molecule has 0 radical (unpaired) electrons. The Morgan fingerprint density at radius 2 is 2.26 bits per heavy atom. The van der Waals surface area contributed by atoms with Crippen LogP contribution in [0.2, 0.25) is 5.02 Å². The maximum atomic E-state index is 13.3. The van der Waals surface area contributed by atoms with Gasteiger partial charge in [-0.05, 0) is 49.4 Å². The van der Waals surface area contributed by atoms with E-state index in [1.54, 1.807) is 34.1 Å². The number of rotatable bonds is 6. The Morgan fingerprint density at radius 1 is 1.35 bits per heavy atom. The van der Waals surface area contributed by atoms with Crippen LogP contribution in [0.25, 0.3) is 21.7 Å². The summed E-state index contributed by atoms with van der Waals surface area (Å²) < 4.78 is 13.4. The average Bonchev–Trinajstić information content (AvgIpc) is 3.53. The van der Waals surface area contributed by atoms with E-state index in [2.05, 4.69) is 10.2 Å². The van der Waals surface area contributed by atoms with Crippen LogP contribution >= 0.6 is 34.7 Å². The molecule has 7 nitrogen and oxygen atoms in total. The summed E-state index contributed by atoms with van der Waals surface area (Å²) in [6.45, 7) is 3.15. The Balaban J connectivity index is 1.50. The molecule has 0 saturated carbocycles. The topological polar surface area (TPSA) is 83.0 Å². The second-order valence-corrected chi connectivity index (χ2v) is 9.98. The molecule has 0 amide bonds. The molecular formula is C21H19ClN4O3S2. The molecule has 1 aliphatic heterocycles. The van der Waals surface area contributed by atoms with Crippen molar-refractivity contribution in [3.63, 3.8) is 0 Å². The maximum absolute atomic E-state index is 13.3. The van der Waals surface area contributed by atoms with Crippen molar-refractivity contribution >= 4 is 45.6 Å². The molecule has 2 unspecified atom stereocenters. The molecule has 4 heterocycles. The summed E-state index contributed by atoms with van der Waals surface area (Å²) >= 11 is 9.10. The molecular weight excluding hydrogens is 456 g/mol. The highest BCUT2D eigenvalue weighted by molar-refractivity contribution is 7.99. The van der Waals surface area contributed by atoms with Crippen molar-refractivity contribution in [2.75, 3.05) is 6.61 Å². The zero-order chi connectivity index (χ0) is 21.4. The molecule has 3 aromatic heterocycles. The first-order chi connectivity index (χ1) is 15.1. The van der Waals surface area contributed by atoms with Gasteiger partial charge in [0.15, 0.2) is 5.16 Å². The number of fused-ring (bicyclic) bond motifs is 1. The summed E-state index contributed by atoms with van der Waals surface area (Å²) in [7, 11) is 0. The van der Waals surface area contributed by atoms with Gasteiger partial charge in [0.2, 0.25) is 5.89 Å². The highest BCUT2D eigenvalue weighted by Crippen LogP contribution is 2.35. The number of benzene rings is 1. The number of ether oxygens (including phenoxy) is 1. The minimum Gasteiger partial charge on any atom is -0.419 e. The molecule has 31 heavy (non-hydrogen) atoms. The zero-order valence-electron chi connectivity index (χ0n) is 16.7. The van der Waals surface area contributed by atoms with Gasteiger partial charge in [-0.15, -0.1) is 21.5 Å². The Bertz CT molecular complexity index is 1270. The normalized spacial score (nSPS) is 17.4. The molecule has 10 heteroatoms. The Kier molecular flexibility index (Phi) is 5.83. The summed E-state index contributed by atoms with van der Waals surface area (Å²) in [4.78, 5) is 19.0. The van der Waals surface area contributed by atoms with Gasteiger partial charge in [-0.2, -0.15) is 0 Å². The van der Waals surface area contributed by atoms with Crippen LogP contribution in [0.1, 0.15) is 30.9 Å². The molecule has 0 N–H and O–H groups in total. The fraction of sp³-hybridized carbons (Fsp3) is 0.333. The number of halogens is 1. The standard InChI is InChI=1S/C21H19ClN4O3S2/c1-12(18-24-25-19(29-18)17-5-3-9-30-17)31-21-23-16-10-13(22)6-7-15(16)20(27)26(21)11-14-4-2-8-28-14/h3,5-7,9-10,12,14H,2,4,8,11H2,1H3. The van der Waals surface area contributed by atoms with E-state index in [1.807, 2.05) is 24.4 Å². The first-order valence-electron chi connectivity index (χ1n) is 9.94. The molecule has 5 rings (SSSR count). The Hall–Kier alpha value is -2.20. The SMILES string of the molecule is CC(Sc1nc2cc(Cl)ccc2c(=O)n1CC1CCCO1)c1nnc(-c2cccs2)o1. The van der Waals surface area contributed by atoms with Crippen LogP contribution in [-0.2, 0) is 11.3 Å². The fourth-order valence-corrected chi connectivity index (χ4v) is 5.28. The molecule has 1 aromatic carbocycles. The van der Waals surface area contributed by atoms with Crippen molar-refractivity contribution in [1.82, 2.24) is 19.7 Å². The predicted octanol–water partition coefficient (Wildman–Crippen LogP) is 5.19. The lowest BCUT2D eigenvalue weighted by Crippen LogP contribution is -2.29. The first-order valence-corrected chi connectivity index (χ1v) is 12.1. The van der Waals surface area contributed by atoms with Crippen LogP contribution in [0.5, 0.6) is 0 Å². The van der Waals surface area contributed by atoms with Crippen LogP contribution in [-0.4, -0.2) is 32.5 Å². The smallest absolute Gasteiger partial charge is 0.262 e. The minimum absolute atomic E-state index is 0.00717. The molecule has 0 aliphatic carbocycles. The highest BCUT2D eigenvalue weighted by atomic mass is 35.5. The van der Waals surface area contributed by atoms with E-state index >= 15 is 0 Å². The number of aromatic nitrogens is 4. The third kappa shape index (κ3) is 4.27. The van der Waals surface area contributed by atoms with Crippen molar-refractivity contribution < 1.29 is 9.15 Å². The number of thiophene rings is 1. The van der Waals surface area contributed by atoms with Gasteiger partial charge in [0, 0.05) is 11.6 Å². The lowest BCUT2D eigenvalue weighted by atomic mass is 10.2. The number of hydrogen-bond donors (Lipinski definition) is 0. The van der Waals surface area contributed by atoms with E-state index in [1.165, 1.54) is 11.8 Å². The summed E-state index contributed by atoms with van der Waals surface area (Å²) in [5, 5.41) is 11.8. The number of hydrogen-bond acceptors (Lipinski definition) is 8. The van der Waals surface area contributed by atoms with E-state index in [9.17, 15) is 4.79 Å². The van der Waals surface area contributed by atoms with Crippen molar-refractivity contribution in [2.45, 2.75) is 42.8 Å². The maximum Gasteiger partial charge on any atom is 0.262 e.